The van der Waals surface area contributed by atoms with Gasteiger partial charge in [-0.1, -0.05) is 13.8 Å². The summed E-state index contributed by atoms with van der Waals surface area (Å²) in [6, 6.07) is 0. The van der Waals surface area contributed by atoms with E-state index in [2.05, 4.69) is 4.74 Å². The molecule has 2 radical (unpaired) electrons. The Morgan fingerprint density at radius 1 is 1.55 bits per heavy atom. The van der Waals surface area contributed by atoms with Gasteiger partial charge in [-0.05, 0) is 5.82 Å². The van der Waals surface area contributed by atoms with E-state index in [1.54, 1.807) is 4.90 Å². The van der Waals surface area contributed by atoms with Crippen molar-refractivity contribution in [3.8, 4) is 0 Å². The minimum atomic E-state index is -0.281. The van der Waals surface area contributed by atoms with E-state index in [0.29, 0.717) is 13.1 Å². The van der Waals surface area contributed by atoms with Crippen LogP contribution in [-0.2, 0) is 4.74 Å². The predicted molar refractivity (Wildman–Crippen MR) is 44.8 cm³/mol. The molecule has 1 fully saturated rings. The standard InChI is InChI=1S/C5H8BNO2.C2H6/c1-9-5(8)7-2-4(6)3-7;1-2/h4H,2-3H2,1H3;1-2H3. The molecular weight excluding hydrogens is 141 g/mol. The Kier molecular flexibility index (Phi) is 4.74. The molecule has 0 aromatic rings. The van der Waals surface area contributed by atoms with Crippen molar-refractivity contribution in [2.75, 3.05) is 20.2 Å². The normalized spacial score (nSPS) is 16.1. The molecule has 0 N–H and O–H groups in total. The molecule has 3 nitrogen and oxygen atoms in total. The summed E-state index contributed by atoms with van der Waals surface area (Å²) < 4.78 is 4.43. The molecule has 0 aromatic carbocycles. The molecule has 11 heavy (non-hydrogen) atoms. The monoisotopic (exact) mass is 155 g/mol. The highest BCUT2D eigenvalue weighted by Crippen LogP contribution is 2.17. The minimum Gasteiger partial charge on any atom is -0.453 e. The molecule has 1 amide bonds. The summed E-state index contributed by atoms with van der Waals surface area (Å²) in [7, 11) is 6.78. The number of hydrogen-bond acceptors (Lipinski definition) is 2. The van der Waals surface area contributed by atoms with E-state index in [4.69, 9.17) is 7.85 Å². The first-order valence-electron chi connectivity index (χ1n) is 3.82. The van der Waals surface area contributed by atoms with Gasteiger partial charge in [0.15, 0.2) is 0 Å². The van der Waals surface area contributed by atoms with Crippen molar-refractivity contribution in [3.05, 3.63) is 0 Å². The van der Waals surface area contributed by atoms with Crippen LogP contribution < -0.4 is 0 Å². The highest BCUT2D eigenvalue weighted by Gasteiger charge is 2.26. The van der Waals surface area contributed by atoms with Crippen LogP contribution in [0.1, 0.15) is 13.8 Å². The Labute approximate surface area is 69.1 Å². The highest BCUT2D eigenvalue weighted by molar-refractivity contribution is 6.13. The zero-order valence-electron chi connectivity index (χ0n) is 7.33. The summed E-state index contributed by atoms with van der Waals surface area (Å²) in [5.41, 5.74) is 0. The minimum absolute atomic E-state index is 0.157. The van der Waals surface area contributed by atoms with Gasteiger partial charge in [0.2, 0.25) is 0 Å². The second kappa shape index (κ2) is 5.05. The number of carbonyl (C=O) groups is 1. The lowest BCUT2D eigenvalue weighted by Crippen LogP contribution is -2.46. The summed E-state index contributed by atoms with van der Waals surface area (Å²) in [5, 5.41) is 0. The molecule has 0 unspecified atom stereocenters. The van der Waals surface area contributed by atoms with E-state index in [1.807, 2.05) is 13.8 Å². The molecule has 62 valence electrons. The van der Waals surface area contributed by atoms with Crippen molar-refractivity contribution in [3.63, 3.8) is 0 Å². The first-order chi connectivity index (χ1) is 5.24. The third kappa shape index (κ3) is 2.82. The largest absolute Gasteiger partial charge is 0.453 e. The van der Waals surface area contributed by atoms with Gasteiger partial charge in [0, 0.05) is 13.1 Å². The topological polar surface area (TPSA) is 29.5 Å². The summed E-state index contributed by atoms with van der Waals surface area (Å²) in [5.74, 6) is 0.157. The Morgan fingerprint density at radius 3 is 2.27 bits per heavy atom. The van der Waals surface area contributed by atoms with Gasteiger partial charge in [0.05, 0.1) is 15.0 Å². The molecule has 0 saturated carbocycles. The summed E-state index contributed by atoms with van der Waals surface area (Å²) in [6.45, 7) is 5.26. The van der Waals surface area contributed by atoms with Crippen LogP contribution >= 0.6 is 0 Å². The van der Waals surface area contributed by atoms with Crippen LogP contribution in [0.3, 0.4) is 0 Å². The first-order valence-corrected chi connectivity index (χ1v) is 3.82. The summed E-state index contributed by atoms with van der Waals surface area (Å²) >= 11 is 0. The van der Waals surface area contributed by atoms with E-state index in [-0.39, 0.29) is 11.9 Å². The molecular formula is C7H14BNO2. The Bertz CT molecular complexity index is 124. The SMILES string of the molecule is CC.[B]C1CN(C(=O)OC)C1. The smallest absolute Gasteiger partial charge is 0.409 e. The molecule has 1 heterocycles. The van der Waals surface area contributed by atoms with Gasteiger partial charge in [-0.2, -0.15) is 0 Å². The first kappa shape index (κ1) is 10.3. The fourth-order valence-electron chi connectivity index (χ4n) is 0.791. The van der Waals surface area contributed by atoms with E-state index in [9.17, 15) is 4.79 Å². The molecule has 0 aliphatic carbocycles. The van der Waals surface area contributed by atoms with E-state index in [0.717, 1.165) is 0 Å². The Morgan fingerprint density at radius 2 is 2.00 bits per heavy atom. The van der Waals surface area contributed by atoms with Gasteiger partial charge >= 0.3 is 6.09 Å². The lowest BCUT2D eigenvalue weighted by molar-refractivity contribution is 0.0995. The summed E-state index contributed by atoms with van der Waals surface area (Å²) in [6.07, 6.45) is -0.281. The van der Waals surface area contributed by atoms with E-state index >= 15 is 0 Å². The number of ether oxygens (including phenoxy) is 1. The lowest BCUT2D eigenvalue weighted by Gasteiger charge is -2.35. The second-order valence-corrected chi connectivity index (χ2v) is 2.14. The fraction of sp³-hybridized carbons (Fsp3) is 0.857. The van der Waals surface area contributed by atoms with E-state index in [1.165, 1.54) is 7.11 Å². The van der Waals surface area contributed by atoms with Crippen LogP contribution in [0.2, 0.25) is 5.82 Å². The van der Waals surface area contributed by atoms with Crippen molar-refractivity contribution in [1.82, 2.24) is 4.90 Å². The van der Waals surface area contributed by atoms with Crippen molar-refractivity contribution in [2.45, 2.75) is 19.7 Å². The molecule has 1 rings (SSSR count). The third-order valence-electron chi connectivity index (χ3n) is 1.34. The van der Waals surface area contributed by atoms with Crippen molar-refractivity contribution >= 4 is 13.9 Å². The van der Waals surface area contributed by atoms with Crippen LogP contribution in [0.15, 0.2) is 0 Å². The lowest BCUT2D eigenvalue weighted by atomic mass is 9.81. The number of methoxy groups -OCH3 is 1. The fourth-order valence-corrected chi connectivity index (χ4v) is 0.791. The molecule has 1 saturated heterocycles. The number of rotatable bonds is 0. The quantitative estimate of drug-likeness (QED) is 0.489. The van der Waals surface area contributed by atoms with Gasteiger partial charge < -0.3 is 9.64 Å². The van der Waals surface area contributed by atoms with E-state index < -0.39 is 0 Å². The number of nitrogens with zero attached hydrogens (tertiary/aromatic N) is 1. The zero-order chi connectivity index (χ0) is 8.85. The van der Waals surface area contributed by atoms with Gasteiger partial charge in [-0.15, -0.1) is 0 Å². The molecule has 4 heteroatoms. The van der Waals surface area contributed by atoms with Crippen molar-refractivity contribution in [2.24, 2.45) is 0 Å². The molecule has 0 atom stereocenters. The number of amides is 1. The number of carbonyl (C=O) groups excluding carboxylic acids is 1. The van der Waals surface area contributed by atoms with Crippen LogP contribution in [0.25, 0.3) is 0 Å². The third-order valence-corrected chi connectivity index (χ3v) is 1.34. The van der Waals surface area contributed by atoms with Crippen LogP contribution in [0.5, 0.6) is 0 Å². The van der Waals surface area contributed by atoms with Gasteiger partial charge in [-0.25, -0.2) is 4.79 Å². The number of likely N-dealkylation sites (tertiary alicyclic amines) is 1. The van der Waals surface area contributed by atoms with Gasteiger partial charge in [0.25, 0.3) is 0 Å². The van der Waals surface area contributed by atoms with Crippen LogP contribution in [0.4, 0.5) is 4.79 Å². The van der Waals surface area contributed by atoms with Gasteiger partial charge in [0.1, 0.15) is 0 Å². The predicted octanol–water partition coefficient (Wildman–Crippen LogP) is 1.05. The summed E-state index contributed by atoms with van der Waals surface area (Å²) in [4.78, 5) is 12.1. The molecule has 0 bridgehead atoms. The second-order valence-electron chi connectivity index (χ2n) is 2.14. The average Bonchev–Trinajstić information content (AvgIpc) is 2.01. The van der Waals surface area contributed by atoms with Crippen LogP contribution in [0, 0.1) is 0 Å². The maximum atomic E-state index is 10.6. The zero-order valence-corrected chi connectivity index (χ0v) is 7.33. The molecule has 0 aromatic heterocycles. The molecule has 0 spiro atoms. The van der Waals surface area contributed by atoms with Crippen molar-refractivity contribution < 1.29 is 9.53 Å². The average molecular weight is 155 g/mol. The Balaban J connectivity index is 0.000000461. The maximum absolute atomic E-state index is 10.6. The van der Waals surface area contributed by atoms with Crippen molar-refractivity contribution in [1.29, 1.82) is 0 Å². The molecule has 1 aliphatic heterocycles. The maximum Gasteiger partial charge on any atom is 0.409 e. The molecule has 1 aliphatic rings. The Hall–Kier alpha value is -0.665. The van der Waals surface area contributed by atoms with Gasteiger partial charge in [-0.3, -0.25) is 0 Å². The highest BCUT2D eigenvalue weighted by atomic mass is 16.5. The number of hydrogen-bond donors (Lipinski definition) is 0. The van der Waals surface area contributed by atoms with Crippen LogP contribution in [-0.4, -0.2) is 39.0 Å².